The van der Waals surface area contributed by atoms with Crippen LogP contribution < -0.4 is 4.80 Å². The number of rotatable bonds is 1. The Labute approximate surface area is 149 Å². The smallest absolute Gasteiger partial charge is 0.279 e. The second-order valence-electron chi connectivity index (χ2n) is 6.30. The molecular weight excluding hydrogens is 328 g/mol. The second kappa shape index (κ2) is 5.97. The molecule has 0 bridgehead atoms. The first-order valence-electron chi connectivity index (χ1n) is 8.18. The second-order valence-corrected chi connectivity index (χ2v) is 7.28. The molecule has 124 valence electrons. The third-order valence-electron chi connectivity index (χ3n) is 4.54. The minimum Gasteiger partial charge on any atom is -0.319 e. The van der Waals surface area contributed by atoms with Crippen molar-refractivity contribution in [3.63, 3.8) is 0 Å². The highest BCUT2D eigenvalue weighted by Gasteiger charge is 2.10. The van der Waals surface area contributed by atoms with Crippen molar-refractivity contribution in [1.29, 1.82) is 0 Å². The fourth-order valence-corrected chi connectivity index (χ4v) is 4.31. The first-order chi connectivity index (χ1) is 12.0. The average molecular weight is 346 g/mol. The van der Waals surface area contributed by atoms with Crippen LogP contribution in [-0.4, -0.2) is 10.5 Å². The van der Waals surface area contributed by atoms with Gasteiger partial charge in [-0.3, -0.25) is 4.79 Å². The lowest BCUT2D eigenvalue weighted by molar-refractivity contribution is 0.0998. The van der Waals surface area contributed by atoms with Crippen LogP contribution in [0.15, 0.2) is 59.6 Å². The number of aryl methyl sites for hydroxylation is 3. The molecule has 0 saturated heterocycles. The fourth-order valence-electron chi connectivity index (χ4n) is 3.14. The number of nitrogens with zero attached hydrogens (tertiary/aromatic N) is 2. The number of thiazole rings is 1. The van der Waals surface area contributed by atoms with E-state index in [0.717, 1.165) is 21.1 Å². The van der Waals surface area contributed by atoms with Crippen molar-refractivity contribution < 1.29 is 4.79 Å². The summed E-state index contributed by atoms with van der Waals surface area (Å²) in [5.41, 5.74) is 4.17. The molecule has 0 saturated carbocycles. The maximum absolute atomic E-state index is 12.7. The molecule has 0 atom stereocenters. The molecule has 1 amide bonds. The van der Waals surface area contributed by atoms with E-state index in [-0.39, 0.29) is 5.91 Å². The Balaban J connectivity index is 1.86. The molecule has 0 aliphatic rings. The molecule has 25 heavy (non-hydrogen) atoms. The molecule has 0 aliphatic carbocycles. The van der Waals surface area contributed by atoms with Gasteiger partial charge < -0.3 is 4.57 Å². The van der Waals surface area contributed by atoms with Crippen LogP contribution in [0, 0.1) is 13.8 Å². The zero-order chi connectivity index (χ0) is 17.6. The molecule has 3 nitrogen and oxygen atoms in total. The topological polar surface area (TPSA) is 34.4 Å². The number of carbonyl (C=O) groups is 1. The number of benzene rings is 3. The Morgan fingerprint density at radius 2 is 1.68 bits per heavy atom. The predicted octanol–water partition coefficient (Wildman–Crippen LogP) is 4.75. The molecule has 0 radical (unpaired) electrons. The number of carbonyl (C=O) groups excluding carboxylic acids is 1. The van der Waals surface area contributed by atoms with Crippen molar-refractivity contribution in [2.75, 3.05) is 0 Å². The standard InChI is InChI=1S/C21H18N2OS/c1-13-8-9-14(2)19-18(13)23(3)21(25-19)22-20(24)17-11-10-15-6-4-5-7-16(15)12-17/h4-12H,1-3H3. The maximum Gasteiger partial charge on any atom is 0.279 e. The molecule has 0 spiro atoms. The monoisotopic (exact) mass is 346 g/mol. The van der Waals surface area contributed by atoms with E-state index in [1.54, 1.807) is 11.3 Å². The van der Waals surface area contributed by atoms with Crippen molar-refractivity contribution in [3.8, 4) is 0 Å². The van der Waals surface area contributed by atoms with E-state index < -0.39 is 0 Å². The van der Waals surface area contributed by atoms with Gasteiger partial charge in [-0.15, -0.1) is 0 Å². The van der Waals surface area contributed by atoms with Crippen LogP contribution in [0.2, 0.25) is 0 Å². The molecule has 1 aromatic heterocycles. The molecule has 0 unspecified atom stereocenters. The van der Waals surface area contributed by atoms with Crippen molar-refractivity contribution >= 4 is 38.2 Å². The summed E-state index contributed by atoms with van der Waals surface area (Å²) in [7, 11) is 1.97. The molecular formula is C21H18N2OS. The summed E-state index contributed by atoms with van der Waals surface area (Å²) >= 11 is 1.57. The summed E-state index contributed by atoms with van der Waals surface area (Å²) in [5, 5.41) is 2.17. The van der Waals surface area contributed by atoms with Gasteiger partial charge >= 0.3 is 0 Å². The molecule has 0 aliphatic heterocycles. The lowest BCUT2D eigenvalue weighted by Gasteiger charge is -2.02. The van der Waals surface area contributed by atoms with E-state index in [9.17, 15) is 4.79 Å². The summed E-state index contributed by atoms with van der Waals surface area (Å²) in [5.74, 6) is -0.205. The van der Waals surface area contributed by atoms with Crippen LogP contribution in [0.5, 0.6) is 0 Å². The highest BCUT2D eigenvalue weighted by Crippen LogP contribution is 2.24. The van der Waals surface area contributed by atoms with E-state index in [0.29, 0.717) is 5.56 Å². The molecule has 4 aromatic rings. The van der Waals surface area contributed by atoms with Gasteiger partial charge in [0.15, 0.2) is 4.80 Å². The molecule has 0 fully saturated rings. The van der Waals surface area contributed by atoms with Gasteiger partial charge in [-0.1, -0.05) is 53.8 Å². The van der Waals surface area contributed by atoms with E-state index in [1.165, 1.54) is 15.8 Å². The number of hydrogen-bond donors (Lipinski definition) is 0. The molecule has 0 N–H and O–H groups in total. The van der Waals surface area contributed by atoms with Gasteiger partial charge in [0.05, 0.1) is 10.2 Å². The quantitative estimate of drug-likeness (QED) is 0.490. The SMILES string of the molecule is Cc1ccc(C)c2c1sc(=NC(=O)c1ccc3ccccc3c1)n2C. The molecule has 4 rings (SSSR count). The van der Waals surface area contributed by atoms with Crippen LogP contribution >= 0.6 is 11.3 Å². The van der Waals surface area contributed by atoms with Crippen molar-refractivity contribution in [1.82, 2.24) is 4.57 Å². The third kappa shape index (κ3) is 2.68. The Morgan fingerprint density at radius 3 is 2.44 bits per heavy atom. The number of amides is 1. The van der Waals surface area contributed by atoms with Gasteiger partial charge in [0, 0.05) is 12.6 Å². The van der Waals surface area contributed by atoms with Crippen molar-refractivity contribution in [2.45, 2.75) is 13.8 Å². The van der Waals surface area contributed by atoms with Gasteiger partial charge in [0.25, 0.3) is 5.91 Å². The fraction of sp³-hybridized carbons (Fsp3) is 0.143. The number of fused-ring (bicyclic) bond motifs is 2. The maximum atomic E-state index is 12.7. The summed E-state index contributed by atoms with van der Waals surface area (Å²) < 4.78 is 3.20. The Morgan fingerprint density at radius 1 is 0.960 bits per heavy atom. The summed E-state index contributed by atoms with van der Waals surface area (Å²) in [6.45, 7) is 4.18. The highest BCUT2D eigenvalue weighted by molar-refractivity contribution is 7.16. The summed E-state index contributed by atoms with van der Waals surface area (Å²) in [6, 6.07) is 18.0. The first-order valence-corrected chi connectivity index (χ1v) is 9.00. The Kier molecular flexibility index (Phi) is 3.77. The van der Waals surface area contributed by atoms with Crippen molar-refractivity contribution in [2.24, 2.45) is 12.0 Å². The Bertz CT molecular complexity index is 1200. The third-order valence-corrected chi connectivity index (χ3v) is 5.81. The van der Waals surface area contributed by atoms with Crippen LogP contribution in [0.1, 0.15) is 21.5 Å². The molecule has 4 heteroatoms. The highest BCUT2D eigenvalue weighted by atomic mass is 32.1. The minimum absolute atomic E-state index is 0.205. The Hall–Kier alpha value is -2.72. The summed E-state index contributed by atoms with van der Waals surface area (Å²) in [4.78, 5) is 17.8. The van der Waals surface area contributed by atoms with Crippen LogP contribution in [0.4, 0.5) is 0 Å². The largest absolute Gasteiger partial charge is 0.319 e. The zero-order valence-electron chi connectivity index (χ0n) is 14.4. The van der Waals surface area contributed by atoms with E-state index in [2.05, 4.69) is 31.0 Å². The zero-order valence-corrected chi connectivity index (χ0v) is 15.2. The molecule has 1 heterocycles. The van der Waals surface area contributed by atoms with E-state index in [1.807, 2.05) is 54.1 Å². The lowest BCUT2D eigenvalue weighted by atomic mass is 10.1. The first kappa shape index (κ1) is 15.8. The van der Waals surface area contributed by atoms with Gasteiger partial charge in [0.2, 0.25) is 0 Å². The van der Waals surface area contributed by atoms with Crippen LogP contribution in [-0.2, 0) is 7.05 Å². The normalized spacial score (nSPS) is 12.2. The van der Waals surface area contributed by atoms with E-state index in [4.69, 9.17) is 0 Å². The van der Waals surface area contributed by atoms with Gasteiger partial charge in [-0.05, 0) is 47.9 Å². The van der Waals surface area contributed by atoms with Crippen molar-refractivity contribution in [3.05, 3.63) is 76.1 Å². The average Bonchev–Trinajstić information content (AvgIpc) is 2.95. The number of aromatic nitrogens is 1. The van der Waals surface area contributed by atoms with Gasteiger partial charge in [-0.2, -0.15) is 4.99 Å². The predicted molar refractivity (Wildman–Crippen MR) is 104 cm³/mol. The lowest BCUT2D eigenvalue weighted by Crippen LogP contribution is -2.13. The van der Waals surface area contributed by atoms with Crippen LogP contribution in [0.3, 0.4) is 0 Å². The van der Waals surface area contributed by atoms with Gasteiger partial charge in [-0.25, -0.2) is 0 Å². The number of hydrogen-bond acceptors (Lipinski definition) is 2. The summed E-state index contributed by atoms with van der Waals surface area (Å²) in [6.07, 6.45) is 0. The molecule has 3 aromatic carbocycles. The minimum atomic E-state index is -0.205. The van der Waals surface area contributed by atoms with Gasteiger partial charge in [0.1, 0.15) is 0 Å². The van der Waals surface area contributed by atoms with Crippen LogP contribution in [0.25, 0.3) is 21.0 Å². The van der Waals surface area contributed by atoms with E-state index >= 15 is 0 Å².